The lowest BCUT2D eigenvalue weighted by molar-refractivity contribution is -0.765. The number of esters is 1. The molecule has 1 aliphatic heterocycles. The zero-order valence-electron chi connectivity index (χ0n) is 19.5. The minimum absolute atomic E-state index is 0. The van der Waals surface area contributed by atoms with E-state index in [0.717, 1.165) is 0 Å². The van der Waals surface area contributed by atoms with Crippen LogP contribution in [0.2, 0.25) is 0 Å². The summed E-state index contributed by atoms with van der Waals surface area (Å²) in [5.41, 5.74) is 4.75. The van der Waals surface area contributed by atoms with Crippen molar-refractivity contribution in [2.75, 3.05) is 18.6 Å². The van der Waals surface area contributed by atoms with Crippen LogP contribution in [-0.4, -0.2) is 76.8 Å². The highest BCUT2D eigenvalue weighted by atomic mass is 35.5. The Balaban J connectivity index is 0.00000578. The van der Waals surface area contributed by atoms with Gasteiger partial charge in [0.1, 0.15) is 36.0 Å². The minimum Gasteiger partial charge on any atom is -1.00 e. The molecule has 1 aromatic heterocycles. The smallest absolute Gasteiger partial charge is 0.408 e. The molecule has 2 amide bonds. The number of hydrogen-bond acceptors (Lipinski definition) is 9. The molecule has 5 atom stereocenters. The van der Waals surface area contributed by atoms with Crippen LogP contribution in [0.1, 0.15) is 43.8 Å². The van der Waals surface area contributed by atoms with Crippen molar-refractivity contribution >= 4 is 29.7 Å². The van der Waals surface area contributed by atoms with Gasteiger partial charge in [-0.1, -0.05) is 0 Å². The van der Waals surface area contributed by atoms with Crippen LogP contribution >= 0.6 is 11.8 Å². The molecule has 0 aromatic carbocycles. The zero-order chi connectivity index (χ0) is 24.8. The van der Waals surface area contributed by atoms with Crippen LogP contribution in [0.4, 0.5) is 4.79 Å². The number of nitrogens with one attached hydrogen (secondary N) is 1. The summed E-state index contributed by atoms with van der Waals surface area (Å²) in [7, 11) is 0. The number of carbonyl (C=O) groups is 3. The summed E-state index contributed by atoms with van der Waals surface area (Å²) in [6, 6.07) is 2.10. The maximum Gasteiger partial charge on any atom is 0.408 e. The van der Waals surface area contributed by atoms with Crippen LogP contribution in [-0.2, 0) is 19.0 Å². The highest BCUT2D eigenvalue weighted by Crippen LogP contribution is 2.26. The number of halogens is 1. The number of nitrogens with zero attached hydrogens (tertiary/aromatic N) is 1. The number of aliphatic hydroxyl groups is 2. The third-order valence-electron chi connectivity index (χ3n) is 4.71. The van der Waals surface area contributed by atoms with Crippen LogP contribution in [0.3, 0.4) is 0 Å². The van der Waals surface area contributed by atoms with Crippen molar-refractivity contribution in [3.8, 4) is 0 Å². The maximum atomic E-state index is 12.6. The lowest BCUT2D eigenvalue weighted by Gasteiger charge is -2.23. The lowest BCUT2D eigenvalue weighted by atomic mass is 10.1. The topological polar surface area (TPSA) is 161 Å². The van der Waals surface area contributed by atoms with Crippen molar-refractivity contribution in [1.29, 1.82) is 0 Å². The lowest BCUT2D eigenvalue weighted by Crippen LogP contribution is -3.00. The molecule has 1 aliphatic rings. The second-order valence-corrected chi connectivity index (χ2v) is 9.55. The standard InChI is InChI=1S/C21H31N3O8S.ClH/c1-21(2,3)32-20(29)23-13(7-9-33-4)19(28)30-11-14-15(25)16(26)18(31-14)24-8-5-6-12(10-24)17(22)27;/h5-6,8,10,13-16,18,25-26H,7,9,11H2,1-4H3,(H2-,22,23,27,29);1H/t13-,14+,15+,16+,18+;/m0./s1. The number of primary amides is 1. The quantitative estimate of drug-likeness (QED) is 0.195. The number of carbonyl (C=O) groups excluding carboxylic acids is 3. The maximum absolute atomic E-state index is 12.6. The third kappa shape index (κ3) is 8.58. The number of aromatic nitrogens is 1. The van der Waals surface area contributed by atoms with E-state index in [-0.39, 0.29) is 24.6 Å². The average molecular weight is 522 g/mol. The van der Waals surface area contributed by atoms with Gasteiger partial charge in [-0.05, 0) is 45.3 Å². The summed E-state index contributed by atoms with van der Waals surface area (Å²) in [6.45, 7) is 4.77. The summed E-state index contributed by atoms with van der Waals surface area (Å²) in [5, 5.41) is 23.3. The van der Waals surface area contributed by atoms with Gasteiger partial charge in [0, 0.05) is 6.07 Å². The van der Waals surface area contributed by atoms with Crippen molar-refractivity contribution in [3.05, 3.63) is 30.1 Å². The molecule has 0 spiro atoms. The van der Waals surface area contributed by atoms with Crippen molar-refractivity contribution in [2.45, 2.75) is 63.4 Å². The molecular formula is C21H32ClN3O8S. The van der Waals surface area contributed by atoms with Gasteiger partial charge in [0.05, 0.1) is 0 Å². The number of nitrogens with two attached hydrogens (primary N) is 1. The Morgan fingerprint density at radius 1 is 1.29 bits per heavy atom. The molecule has 34 heavy (non-hydrogen) atoms. The fourth-order valence-corrected chi connectivity index (χ4v) is 3.58. The van der Waals surface area contributed by atoms with Crippen LogP contribution in [0.5, 0.6) is 0 Å². The molecule has 1 fully saturated rings. The number of hydrogen-bond donors (Lipinski definition) is 4. The Kier molecular flexibility index (Phi) is 11.5. The molecule has 0 unspecified atom stereocenters. The number of aliphatic hydroxyl groups excluding tert-OH is 2. The molecule has 192 valence electrons. The molecule has 2 rings (SSSR count). The number of amides is 2. The van der Waals surface area contributed by atoms with Gasteiger partial charge in [0.25, 0.3) is 12.1 Å². The first-order valence-electron chi connectivity index (χ1n) is 10.4. The van der Waals surface area contributed by atoms with Gasteiger partial charge >= 0.3 is 12.1 Å². The van der Waals surface area contributed by atoms with E-state index in [2.05, 4.69) is 5.32 Å². The second kappa shape index (κ2) is 13.1. The summed E-state index contributed by atoms with van der Waals surface area (Å²) >= 11 is 1.50. The largest absolute Gasteiger partial charge is 1.00 e. The number of rotatable bonds is 9. The Bertz CT molecular complexity index is 854. The minimum atomic E-state index is -1.35. The summed E-state index contributed by atoms with van der Waals surface area (Å²) in [4.78, 5) is 36.1. The molecule has 0 saturated carbocycles. The van der Waals surface area contributed by atoms with Crippen LogP contribution in [0.15, 0.2) is 24.5 Å². The van der Waals surface area contributed by atoms with E-state index in [1.807, 2.05) is 6.26 Å². The molecule has 5 N–H and O–H groups in total. The second-order valence-electron chi connectivity index (χ2n) is 8.56. The first kappa shape index (κ1) is 29.9. The molecule has 0 bridgehead atoms. The number of thioether (sulfide) groups is 1. The molecule has 2 heterocycles. The average Bonchev–Trinajstić information content (AvgIpc) is 3.02. The predicted octanol–water partition coefficient (Wildman–Crippen LogP) is -3.11. The molecule has 1 aromatic rings. The van der Waals surface area contributed by atoms with E-state index in [9.17, 15) is 24.6 Å². The molecule has 1 saturated heterocycles. The van der Waals surface area contributed by atoms with E-state index in [1.165, 1.54) is 28.6 Å². The Morgan fingerprint density at radius 2 is 1.97 bits per heavy atom. The molecule has 11 nitrogen and oxygen atoms in total. The van der Waals surface area contributed by atoms with Crippen LogP contribution in [0, 0.1) is 0 Å². The predicted molar refractivity (Wildman–Crippen MR) is 118 cm³/mol. The van der Waals surface area contributed by atoms with Crippen molar-refractivity contribution < 1.29 is 55.8 Å². The molecule has 0 aliphatic carbocycles. The zero-order valence-corrected chi connectivity index (χ0v) is 21.0. The number of ether oxygens (including phenoxy) is 3. The van der Waals surface area contributed by atoms with Gasteiger partial charge in [-0.25, -0.2) is 9.59 Å². The van der Waals surface area contributed by atoms with Crippen molar-refractivity contribution in [3.63, 3.8) is 0 Å². The number of pyridine rings is 1. The van der Waals surface area contributed by atoms with E-state index in [4.69, 9.17) is 19.9 Å². The monoisotopic (exact) mass is 521 g/mol. The van der Waals surface area contributed by atoms with E-state index in [1.54, 1.807) is 33.0 Å². The normalized spacial score (nSPS) is 22.9. The van der Waals surface area contributed by atoms with Crippen LogP contribution in [0.25, 0.3) is 0 Å². The van der Waals surface area contributed by atoms with Crippen LogP contribution < -0.4 is 28.0 Å². The summed E-state index contributed by atoms with van der Waals surface area (Å²) in [5.74, 6) is -0.783. The van der Waals surface area contributed by atoms with Crippen molar-refractivity contribution in [2.24, 2.45) is 5.73 Å². The summed E-state index contributed by atoms with van der Waals surface area (Å²) < 4.78 is 17.6. The fourth-order valence-electron chi connectivity index (χ4n) is 3.11. The first-order valence-corrected chi connectivity index (χ1v) is 11.8. The highest BCUT2D eigenvalue weighted by Gasteiger charge is 2.49. The Hall–Kier alpha value is -2.12. The molecule has 13 heteroatoms. The number of alkyl carbamates (subject to hydrolysis) is 1. The fraction of sp³-hybridized carbons (Fsp3) is 0.619. The molecular weight excluding hydrogens is 490 g/mol. The van der Waals surface area contributed by atoms with Gasteiger partial charge in [-0.3, -0.25) is 4.79 Å². The summed E-state index contributed by atoms with van der Waals surface area (Å²) in [6.07, 6.45) is -0.365. The van der Waals surface area contributed by atoms with E-state index >= 15 is 0 Å². The Labute approximate surface area is 208 Å². The Morgan fingerprint density at radius 3 is 2.56 bits per heavy atom. The van der Waals surface area contributed by atoms with Gasteiger partial charge < -0.3 is 47.9 Å². The SMILES string of the molecule is CSCC[C@H](NC(=O)OC(C)(C)C)C(=O)OC[C@H]1O[C@@H]([n+]2cccc(C(N)=O)c2)[C@H](O)[C@@H]1O.[Cl-]. The van der Waals surface area contributed by atoms with Gasteiger partial charge in [-0.15, -0.1) is 0 Å². The third-order valence-corrected chi connectivity index (χ3v) is 5.36. The van der Waals surface area contributed by atoms with Gasteiger partial charge in [0.2, 0.25) is 0 Å². The first-order chi connectivity index (χ1) is 15.4. The molecule has 0 radical (unpaired) electrons. The highest BCUT2D eigenvalue weighted by molar-refractivity contribution is 7.98. The van der Waals surface area contributed by atoms with Gasteiger partial charge in [-0.2, -0.15) is 16.3 Å². The van der Waals surface area contributed by atoms with E-state index in [0.29, 0.717) is 12.2 Å². The van der Waals surface area contributed by atoms with Crippen molar-refractivity contribution in [1.82, 2.24) is 5.32 Å². The van der Waals surface area contributed by atoms with E-state index < -0.39 is 54.2 Å². The van der Waals surface area contributed by atoms with Gasteiger partial charge in [0.15, 0.2) is 18.5 Å².